The highest BCUT2D eigenvalue weighted by Gasteiger charge is 2.17. The van der Waals surface area contributed by atoms with Gasteiger partial charge in [0.15, 0.2) is 0 Å². The molecule has 2 heterocycles. The molecule has 1 aromatic rings. The molecule has 0 aliphatic carbocycles. The van der Waals surface area contributed by atoms with E-state index in [0.717, 1.165) is 12.4 Å². The van der Waals surface area contributed by atoms with Crippen LogP contribution in [0.2, 0.25) is 0 Å². The summed E-state index contributed by atoms with van der Waals surface area (Å²) in [6.07, 6.45) is -5.12. The first kappa shape index (κ1) is 2.94. The second-order valence-electron chi connectivity index (χ2n) is 2.39. The maximum absolute atomic E-state index is 8.21. The molecule has 1 unspecified atom stereocenters. The van der Waals surface area contributed by atoms with Gasteiger partial charge in [-0.15, -0.1) is 0 Å². The van der Waals surface area contributed by atoms with Gasteiger partial charge in [-0.1, -0.05) is 6.85 Å². The number of aromatic nitrogens is 2. The van der Waals surface area contributed by atoms with Gasteiger partial charge in [-0.2, -0.15) is 0 Å². The molecule has 1 aliphatic rings. The third-order valence-corrected chi connectivity index (χ3v) is 1.80. The molecule has 14 heavy (non-hydrogen) atoms. The minimum absolute atomic E-state index is 0.00681. The van der Waals surface area contributed by atoms with Gasteiger partial charge in [-0.25, -0.2) is 9.97 Å². The zero-order chi connectivity index (χ0) is 20.6. The van der Waals surface area contributed by atoms with Crippen LogP contribution in [0.25, 0.3) is 0 Å². The fourth-order valence-electron chi connectivity index (χ4n) is 0.835. The Balaban J connectivity index is 2.90. The van der Waals surface area contributed by atoms with Crippen molar-refractivity contribution < 1.29 is 16.4 Å². The number of rotatable bonds is 1. The highest BCUT2D eigenvalue weighted by atomic mass is 79.9. The number of nitrogens with zero attached hydrogens (tertiary/aromatic N) is 3. The van der Waals surface area contributed by atoms with Crippen LogP contribution in [0, 0.1) is 5.89 Å². The molecule has 3 nitrogen and oxygen atoms in total. The summed E-state index contributed by atoms with van der Waals surface area (Å²) in [6.45, 7) is -10.6. The summed E-state index contributed by atoms with van der Waals surface area (Å²) in [5.74, 6) is -4.41. The molecular weight excluding hydrogens is 242 g/mol. The molecule has 0 saturated carbocycles. The normalized spacial score (nSPS) is 55.6. The Hall–Kier alpha value is -0.640. The lowest BCUT2D eigenvalue weighted by Crippen LogP contribution is -2.35. The van der Waals surface area contributed by atoms with Gasteiger partial charge >= 0.3 is 0 Å². The molecule has 0 aromatic carbocycles. The molecule has 1 saturated heterocycles. The lowest BCUT2D eigenvalue weighted by Gasteiger charge is -2.30. The number of piperidine rings is 1. The molecule has 2 rings (SSSR count). The Labute approximate surface area is 110 Å². The van der Waals surface area contributed by atoms with Crippen LogP contribution >= 0.6 is 15.9 Å². The minimum atomic E-state index is -3.73. The highest BCUT2D eigenvalue weighted by Crippen LogP contribution is 2.19. The van der Waals surface area contributed by atoms with Gasteiger partial charge in [-0.05, 0) is 34.6 Å². The van der Waals surface area contributed by atoms with E-state index in [-0.39, 0.29) is 4.90 Å². The second kappa shape index (κ2) is 4.26. The van der Waals surface area contributed by atoms with E-state index in [4.69, 9.17) is 16.4 Å². The number of halogens is 1. The molecule has 0 spiro atoms. The van der Waals surface area contributed by atoms with Crippen molar-refractivity contribution in [1.82, 2.24) is 9.97 Å². The first-order valence-electron chi connectivity index (χ1n) is 9.65. The van der Waals surface area contributed by atoms with Gasteiger partial charge in [0, 0.05) is 41.8 Å². The molecule has 1 aliphatic heterocycles. The van der Waals surface area contributed by atoms with Crippen LogP contribution in [0.4, 0.5) is 5.95 Å². The molecule has 0 N–H and O–H groups in total. The maximum atomic E-state index is 8.21. The van der Waals surface area contributed by atoms with Gasteiger partial charge in [0.1, 0.15) is 0 Å². The molecule has 4 heteroatoms. The van der Waals surface area contributed by atoms with E-state index >= 15 is 0 Å². The Morgan fingerprint density at radius 1 is 1.71 bits per heavy atom. The molecule has 1 atom stereocenters. The van der Waals surface area contributed by atoms with Crippen molar-refractivity contribution in [3.63, 3.8) is 0 Å². The van der Waals surface area contributed by atoms with E-state index in [0.29, 0.717) is 4.47 Å². The van der Waals surface area contributed by atoms with Crippen LogP contribution in [0.5, 0.6) is 0 Å². The Morgan fingerprint density at radius 2 is 2.50 bits per heavy atom. The Bertz CT molecular complexity index is 702. The van der Waals surface area contributed by atoms with Crippen LogP contribution in [0.15, 0.2) is 16.9 Å². The highest BCUT2D eigenvalue weighted by molar-refractivity contribution is 9.10. The topological polar surface area (TPSA) is 29.0 Å². The van der Waals surface area contributed by atoms with Crippen LogP contribution in [-0.2, 0) is 0 Å². The van der Waals surface area contributed by atoms with Gasteiger partial charge < -0.3 is 4.90 Å². The lowest BCUT2D eigenvalue weighted by molar-refractivity contribution is 0.442. The third kappa shape index (κ3) is 2.23. The third-order valence-electron chi connectivity index (χ3n) is 1.39. The zero-order valence-electron chi connectivity index (χ0n) is 18.9. The Morgan fingerprint density at radius 3 is 3.21 bits per heavy atom. The van der Waals surface area contributed by atoms with Crippen molar-refractivity contribution in [3.05, 3.63) is 16.9 Å². The number of anilines is 1. The minimum Gasteiger partial charge on any atom is -0.341 e. The molecular formula is C10H14BrN3. The quantitative estimate of drug-likeness (QED) is 0.783. The smallest absolute Gasteiger partial charge is 0.225 e. The summed E-state index contributed by atoms with van der Waals surface area (Å²) in [7, 11) is 0. The standard InChI is InChI=1S/C10H14BrN3/c1-8-3-2-4-14(7-8)10-12-5-9(11)6-13-10/h5-6,8H,2-4,7H2,1H3/i1D3,2D2,3D2,4D2,7D2,8D. The summed E-state index contributed by atoms with van der Waals surface area (Å²) in [5, 5.41) is 0. The largest absolute Gasteiger partial charge is 0.341 e. The van der Waals surface area contributed by atoms with Crippen LogP contribution in [0.3, 0.4) is 0 Å². The maximum Gasteiger partial charge on any atom is 0.225 e. The summed E-state index contributed by atoms with van der Waals surface area (Å²) in [6, 6.07) is 0. The monoisotopic (exact) mass is 267 g/mol. The number of hydrogen-bond acceptors (Lipinski definition) is 3. The van der Waals surface area contributed by atoms with E-state index in [2.05, 4.69) is 25.9 Å². The molecule has 0 bridgehead atoms. The predicted molar refractivity (Wildman–Crippen MR) is 60.3 cm³/mol. The van der Waals surface area contributed by atoms with Gasteiger partial charge in [0.05, 0.1) is 4.47 Å². The van der Waals surface area contributed by atoms with Crippen molar-refractivity contribution in [2.75, 3.05) is 17.9 Å². The van der Waals surface area contributed by atoms with E-state index in [1.54, 1.807) is 0 Å². The van der Waals surface area contributed by atoms with E-state index in [1.165, 1.54) is 0 Å². The molecule has 0 amide bonds. The average Bonchev–Trinajstić information content (AvgIpc) is 2.45. The molecule has 1 fully saturated rings. The lowest BCUT2D eigenvalue weighted by atomic mass is 10.0. The van der Waals surface area contributed by atoms with Crippen molar-refractivity contribution in [1.29, 1.82) is 0 Å². The van der Waals surface area contributed by atoms with Gasteiger partial charge in [0.25, 0.3) is 0 Å². The van der Waals surface area contributed by atoms with Crippen molar-refractivity contribution in [2.45, 2.75) is 19.6 Å². The predicted octanol–water partition coefficient (Wildman–Crippen LogP) is 2.48. The van der Waals surface area contributed by atoms with Crippen molar-refractivity contribution in [2.24, 2.45) is 5.89 Å². The number of hydrogen-bond donors (Lipinski definition) is 0. The second-order valence-corrected chi connectivity index (χ2v) is 3.30. The van der Waals surface area contributed by atoms with Crippen LogP contribution < -0.4 is 4.90 Å². The summed E-state index contributed by atoms with van der Waals surface area (Å²) in [4.78, 5) is 7.37. The molecule has 1 aromatic heterocycles. The first-order chi connectivity index (χ1) is 11.4. The summed E-state index contributed by atoms with van der Waals surface area (Å²) in [5.41, 5.74) is 0. The van der Waals surface area contributed by atoms with Crippen LogP contribution in [0.1, 0.15) is 36.0 Å². The summed E-state index contributed by atoms with van der Waals surface area (Å²) < 4.78 is 95.3. The van der Waals surface area contributed by atoms with Crippen molar-refractivity contribution >= 4 is 21.9 Å². The van der Waals surface area contributed by atoms with Crippen LogP contribution in [-0.4, -0.2) is 23.0 Å². The van der Waals surface area contributed by atoms with E-state index in [1.807, 2.05) is 0 Å². The fourth-order valence-corrected chi connectivity index (χ4v) is 1.04. The SMILES string of the molecule is [2H]C([2H])([2H])C1([2H])C([2H])([2H])N(c2ncc(Br)cn2)C([2H])([2H])C([2H])([2H])C1([2H])[2H]. The van der Waals surface area contributed by atoms with Crippen molar-refractivity contribution in [3.8, 4) is 0 Å². The molecule has 76 valence electrons. The fraction of sp³-hybridized carbons (Fsp3) is 0.600. The average molecular weight is 268 g/mol. The van der Waals surface area contributed by atoms with Gasteiger partial charge in [-0.3, -0.25) is 0 Å². The van der Waals surface area contributed by atoms with Gasteiger partial charge in [0.2, 0.25) is 5.95 Å². The first-order valence-corrected chi connectivity index (χ1v) is 4.44. The molecule has 0 radical (unpaired) electrons. The van der Waals surface area contributed by atoms with E-state index < -0.39 is 44.4 Å². The zero-order valence-corrected chi connectivity index (χ0v) is 8.46. The van der Waals surface area contributed by atoms with E-state index in [9.17, 15) is 0 Å². The Kier molecular flexibility index (Phi) is 0.893. The summed E-state index contributed by atoms with van der Waals surface area (Å²) >= 11 is 3.03.